The summed E-state index contributed by atoms with van der Waals surface area (Å²) in [5.74, 6) is 0.0203. The second-order valence-electron chi connectivity index (χ2n) is 23.6. The minimum absolute atomic E-state index is 0.0609. The molecule has 0 aliphatic rings. The van der Waals surface area contributed by atoms with E-state index in [1.165, 1.54) is 283 Å². The third kappa shape index (κ3) is 61.1. The van der Waals surface area contributed by atoms with Gasteiger partial charge < -0.3 is 14.2 Å². The molecule has 0 fully saturated rings. The third-order valence-electron chi connectivity index (χ3n) is 15.5. The molecule has 0 saturated heterocycles. The summed E-state index contributed by atoms with van der Waals surface area (Å²) < 4.78 is 17.0. The highest BCUT2D eigenvalue weighted by molar-refractivity contribution is 5.71. The summed E-state index contributed by atoms with van der Waals surface area (Å²) in [7, 11) is 0. The number of hydrogen-bond donors (Lipinski definition) is 0. The summed E-state index contributed by atoms with van der Waals surface area (Å²) in [4.78, 5) is 38.4. The molecule has 0 aromatic rings. The van der Waals surface area contributed by atoms with Crippen LogP contribution >= 0.6 is 0 Å². The van der Waals surface area contributed by atoms with Crippen molar-refractivity contribution in [1.82, 2.24) is 0 Å². The molecule has 0 bridgehead atoms. The second-order valence-corrected chi connectivity index (χ2v) is 23.6. The molecule has 6 nitrogen and oxygen atoms in total. The van der Waals surface area contributed by atoms with E-state index in [1.54, 1.807) is 0 Å². The van der Waals surface area contributed by atoms with Gasteiger partial charge in [0.05, 0.1) is 0 Å². The zero-order valence-corrected chi connectivity index (χ0v) is 50.1. The highest BCUT2D eigenvalue weighted by Gasteiger charge is 2.19. The molecule has 0 radical (unpaired) electrons. The van der Waals surface area contributed by atoms with Crippen molar-refractivity contribution in [3.05, 3.63) is 0 Å². The van der Waals surface area contributed by atoms with Gasteiger partial charge >= 0.3 is 17.9 Å². The highest BCUT2D eigenvalue weighted by Crippen LogP contribution is 2.19. The van der Waals surface area contributed by atoms with Gasteiger partial charge in [0.2, 0.25) is 0 Å². The van der Waals surface area contributed by atoms with Gasteiger partial charge in [0.25, 0.3) is 0 Å². The predicted octanol–water partition coefficient (Wildman–Crippen LogP) is 22.5. The molecule has 0 aromatic heterocycles. The first-order valence-corrected chi connectivity index (χ1v) is 33.4. The molecule has 0 aliphatic heterocycles. The first kappa shape index (κ1) is 71.4. The van der Waals surface area contributed by atoms with E-state index in [4.69, 9.17) is 14.2 Å². The lowest BCUT2D eigenvalue weighted by Gasteiger charge is -2.18. The number of ether oxygens (including phenoxy) is 3. The van der Waals surface area contributed by atoms with E-state index >= 15 is 0 Å². The van der Waals surface area contributed by atoms with Crippen molar-refractivity contribution in [2.75, 3.05) is 13.2 Å². The zero-order chi connectivity index (χ0) is 53.0. The van der Waals surface area contributed by atoms with E-state index in [0.717, 1.165) is 63.7 Å². The number of hydrogen-bond acceptors (Lipinski definition) is 6. The van der Waals surface area contributed by atoms with Gasteiger partial charge in [-0.25, -0.2) is 0 Å². The summed E-state index contributed by atoms with van der Waals surface area (Å²) in [6, 6.07) is 0. The summed E-state index contributed by atoms with van der Waals surface area (Å²) in [6.07, 6.45) is 69.7. The van der Waals surface area contributed by atoms with Gasteiger partial charge in [-0.05, 0) is 25.2 Å². The van der Waals surface area contributed by atoms with Crippen LogP contribution in [0.25, 0.3) is 0 Å². The Morgan fingerprint density at radius 1 is 0.260 bits per heavy atom. The molecule has 434 valence electrons. The first-order chi connectivity index (χ1) is 35.9. The molecule has 0 rings (SSSR count). The van der Waals surface area contributed by atoms with Gasteiger partial charge in [0, 0.05) is 19.3 Å². The maximum absolute atomic E-state index is 12.9. The monoisotopic (exact) mass is 1030 g/mol. The summed E-state index contributed by atoms with van der Waals surface area (Å²) in [6.45, 7) is 9.10. The van der Waals surface area contributed by atoms with Crippen molar-refractivity contribution in [1.29, 1.82) is 0 Å². The molecule has 0 unspecified atom stereocenters. The Morgan fingerprint density at radius 2 is 0.452 bits per heavy atom. The fourth-order valence-electron chi connectivity index (χ4n) is 10.5. The van der Waals surface area contributed by atoms with Gasteiger partial charge in [0.1, 0.15) is 13.2 Å². The largest absolute Gasteiger partial charge is 0.462 e. The van der Waals surface area contributed by atoms with E-state index < -0.39 is 6.10 Å². The lowest BCUT2D eigenvalue weighted by atomic mass is 10.0. The number of esters is 3. The van der Waals surface area contributed by atoms with Gasteiger partial charge in [-0.2, -0.15) is 0 Å². The molecular formula is C67H130O6. The van der Waals surface area contributed by atoms with Gasteiger partial charge in [-0.15, -0.1) is 0 Å². The summed E-state index contributed by atoms with van der Waals surface area (Å²) in [5, 5.41) is 0. The van der Waals surface area contributed by atoms with E-state index in [-0.39, 0.29) is 31.1 Å². The van der Waals surface area contributed by atoms with Crippen LogP contribution in [0.3, 0.4) is 0 Å². The van der Waals surface area contributed by atoms with Crippen LogP contribution in [0.5, 0.6) is 0 Å². The maximum Gasteiger partial charge on any atom is 0.306 e. The Bertz CT molecular complexity index is 1110. The van der Waals surface area contributed by atoms with Crippen molar-refractivity contribution in [2.45, 2.75) is 393 Å². The summed E-state index contributed by atoms with van der Waals surface area (Å²) in [5.41, 5.74) is 0. The Kier molecular flexibility index (Phi) is 59.9. The van der Waals surface area contributed by atoms with E-state index in [1.807, 2.05) is 0 Å². The quantitative estimate of drug-likeness (QED) is 0.0343. The highest BCUT2D eigenvalue weighted by atomic mass is 16.6. The molecule has 0 N–H and O–H groups in total. The Balaban J connectivity index is 4.28. The lowest BCUT2D eigenvalue weighted by molar-refractivity contribution is -0.167. The predicted molar refractivity (Wildman–Crippen MR) is 317 cm³/mol. The van der Waals surface area contributed by atoms with Crippen molar-refractivity contribution in [3.8, 4) is 0 Å². The smallest absolute Gasteiger partial charge is 0.306 e. The molecule has 0 aromatic carbocycles. The maximum atomic E-state index is 12.9. The average Bonchev–Trinajstić information content (AvgIpc) is 3.38. The van der Waals surface area contributed by atoms with Crippen LogP contribution in [0.15, 0.2) is 0 Å². The van der Waals surface area contributed by atoms with Gasteiger partial charge in [0.15, 0.2) is 6.10 Å². The van der Waals surface area contributed by atoms with Crippen molar-refractivity contribution >= 4 is 17.9 Å². The number of unbranched alkanes of at least 4 members (excludes halogenated alkanes) is 49. The van der Waals surface area contributed by atoms with Crippen molar-refractivity contribution in [3.63, 3.8) is 0 Å². The van der Waals surface area contributed by atoms with Gasteiger partial charge in [-0.1, -0.05) is 349 Å². The molecule has 0 saturated carbocycles. The second kappa shape index (κ2) is 61.3. The SMILES string of the molecule is CCCCCCCCCCCCCCCCCCCCCC(=O)OC[C@@H](COC(=O)CCCCCCCCCCCCCCCCC(C)C)OC(=O)CCCCCCCCCCCCCCCCCCCCC. The molecular weight excluding hydrogens is 901 g/mol. The van der Waals surface area contributed by atoms with Crippen LogP contribution in [0.2, 0.25) is 0 Å². The van der Waals surface area contributed by atoms with Crippen molar-refractivity contribution in [2.24, 2.45) is 5.92 Å². The first-order valence-electron chi connectivity index (χ1n) is 33.4. The average molecular weight is 1030 g/mol. The number of carbonyl (C=O) groups is 3. The van der Waals surface area contributed by atoms with Gasteiger partial charge in [-0.3, -0.25) is 14.4 Å². The van der Waals surface area contributed by atoms with Crippen LogP contribution in [-0.2, 0) is 28.6 Å². The minimum atomic E-state index is -0.763. The van der Waals surface area contributed by atoms with Crippen LogP contribution in [0, 0.1) is 5.92 Å². The fraction of sp³-hybridized carbons (Fsp3) is 0.955. The standard InChI is InChI=1S/C67H130O6/c1-5-7-9-11-13-15-17-19-21-23-25-27-29-34-38-42-46-50-54-58-65(68)71-61-64(62-72-66(69)59-55-51-47-43-39-35-32-31-33-37-41-45-49-53-57-63(3)4)73-67(70)60-56-52-48-44-40-36-30-28-26-24-22-20-18-16-14-12-10-8-6-2/h63-64H,5-62H2,1-4H3/t64-/m0/s1. The molecule has 0 amide bonds. The van der Waals surface area contributed by atoms with Crippen LogP contribution < -0.4 is 0 Å². The molecule has 0 heterocycles. The molecule has 1 atom stereocenters. The van der Waals surface area contributed by atoms with E-state index in [2.05, 4.69) is 27.7 Å². The van der Waals surface area contributed by atoms with Crippen molar-refractivity contribution < 1.29 is 28.6 Å². The van der Waals surface area contributed by atoms with Crippen LogP contribution in [0.4, 0.5) is 0 Å². The topological polar surface area (TPSA) is 78.9 Å². The Morgan fingerprint density at radius 3 is 0.671 bits per heavy atom. The molecule has 73 heavy (non-hydrogen) atoms. The normalized spacial score (nSPS) is 12.0. The van der Waals surface area contributed by atoms with Crippen LogP contribution in [0.1, 0.15) is 387 Å². The Labute approximate surface area is 457 Å². The molecule has 6 heteroatoms. The number of rotatable bonds is 62. The molecule has 0 aliphatic carbocycles. The third-order valence-corrected chi connectivity index (χ3v) is 15.5. The minimum Gasteiger partial charge on any atom is -0.462 e. The van der Waals surface area contributed by atoms with E-state index in [9.17, 15) is 14.4 Å². The molecule has 0 spiro atoms. The number of carbonyl (C=O) groups excluding carboxylic acids is 3. The Hall–Kier alpha value is -1.59. The zero-order valence-electron chi connectivity index (χ0n) is 50.1. The summed E-state index contributed by atoms with van der Waals surface area (Å²) >= 11 is 0. The van der Waals surface area contributed by atoms with Crippen LogP contribution in [-0.4, -0.2) is 37.2 Å². The lowest BCUT2D eigenvalue weighted by Crippen LogP contribution is -2.30. The van der Waals surface area contributed by atoms with E-state index in [0.29, 0.717) is 19.3 Å². The fourth-order valence-corrected chi connectivity index (χ4v) is 10.5.